The minimum absolute atomic E-state index is 0.0506. The van der Waals surface area contributed by atoms with Gasteiger partial charge in [-0.3, -0.25) is 4.79 Å². The van der Waals surface area contributed by atoms with Crippen LogP contribution in [0.25, 0.3) is 5.57 Å². The van der Waals surface area contributed by atoms with Crippen LogP contribution in [-0.4, -0.2) is 39.2 Å². The van der Waals surface area contributed by atoms with Gasteiger partial charge in [0.1, 0.15) is 5.75 Å². The number of ketones is 1. The van der Waals surface area contributed by atoms with Gasteiger partial charge in [0.2, 0.25) is 0 Å². The third-order valence-electron chi connectivity index (χ3n) is 6.74. The van der Waals surface area contributed by atoms with Crippen LogP contribution in [0.5, 0.6) is 5.75 Å². The van der Waals surface area contributed by atoms with Gasteiger partial charge < -0.3 is 14.4 Å². The second kappa shape index (κ2) is 6.72. The van der Waals surface area contributed by atoms with Crippen molar-refractivity contribution >= 4 is 17.0 Å². The fraction of sp³-hybridized carbons (Fsp3) is 0.360. The molecule has 5 heteroatoms. The van der Waals surface area contributed by atoms with Crippen LogP contribution >= 0.6 is 0 Å². The summed E-state index contributed by atoms with van der Waals surface area (Å²) in [5.41, 5.74) is 7.08. The van der Waals surface area contributed by atoms with Crippen LogP contribution in [0.1, 0.15) is 46.5 Å². The van der Waals surface area contributed by atoms with Gasteiger partial charge in [0.15, 0.2) is 5.78 Å². The van der Waals surface area contributed by atoms with Crippen LogP contribution < -0.4 is 9.64 Å². The second-order valence-corrected chi connectivity index (χ2v) is 8.64. The quantitative estimate of drug-likeness (QED) is 0.765. The molecule has 1 saturated heterocycles. The summed E-state index contributed by atoms with van der Waals surface area (Å²) in [6.07, 6.45) is 0.706. The van der Waals surface area contributed by atoms with Crippen LogP contribution in [0, 0.1) is 11.3 Å². The lowest BCUT2D eigenvalue weighted by Crippen LogP contribution is -2.37. The standard InChI is InChI=1S/C25H24N2O3/c1-25(2)19-13-21(27-6-8-30-9-7-27)22(29-3)12-18(19)24(28)23-17-5-4-15(14-26)10-16(17)11-20(23)25/h4-5,10,12-13H,6-9,11H2,1-3H3. The Morgan fingerprint density at radius 1 is 1.13 bits per heavy atom. The number of rotatable bonds is 2. The van der Waals surface area contributed by atoms with E-state index in [0.29, 0.717) is 30.8 Å². The van der Waals surface area contributed by atoms with Crippen molar-refractivity contribution in [3.8, 4) is 11.8 Å². The molecule has 0 aromatic heterocycles. The summed E-state index contributed by atoms with van der Waals surface area (Å²) in [5, 5.41) is 9.28. The minimum atomic E-state index is -0.294. The van der Waals surface area contributed by atoms with Crippen LogP contribution in [0.3, 0.4) is 0 Å². The Kier molecular flexibility index (Phi) is 4.23. The van der Waals surface area contributed by atoms with E-state index in [4.69, 9.17) is 9.47 Å². The van der Waals surface area contributed by atoms with Crippen molar-refractivity contribution in [3.63, 3.8) is 0 Å². The van der Waals surface area contributed by atoms with Gasteiger partial charge in [0.25, 0.3) is 0 Å². The zero-order valence-corrected chi connectivity index (χ0v) is 17.5. The predicted octanol–water partition coefficient (Wildman–Crippen LogP) is 3.89. The maximum absolute atomic E-state index is 13.6. The minimum Gasteiger partial charge on any atom is -0.495 e. The molecule has 0 spiro atoms. The van der Waals surface area contributed by atoms with E-state index >= 15 is 0 Å². The number of allylic oxidation sites excluding steroid dienone is 2. The van der Waals surface area contributed by atoms with E-state index in [0.717, 1.165) is 52.4 Å². The Balaban J connectivity index is 1.66. The smallest absolute Gasteiger partial charge is 0.194 e. The molecule has 0 N–H and O–H groups in total. The molecule has 0 atom stereocenters. The van der Waals surface area contributed by atoms with Crippen molar-refractivity contribution in [1.29, 1.82) is 5.26 Å². The van der Waals surface area contributed by atoms with Gasteiger partial charge in [-0.1, -0.05) is 19.9 Å². The molecular formula is C25H24N2O3. The molecule has 2 aromatic rings. The van der Waals surface area contributed by atoms with Crippen molar-refractivity contribution in [2.75, 3.05) is 38.3 Å². The molecule has 0 radical (unpaired) electrons. The first kappa shape index (κ1) is 18.9. The highest BCUT2D eigenvalue weighted by atomic mass is 16.5. The molecule has 0 saturated carbocycles. The lowest BCUT2D eigenvalue weighted by Gasteiger charge is -2.37. The number of ether oxygens (including phenoxy) is 2. The number of fused-ring (bicyclic) bond motifs is 3. The van der Waals surface area contributed by atoms with E-state index in [1.54, 1.807) is 13.2 Å². The number of hydrogen-bond donors (Lipinski definition) is 0. The molecule has 152 valence electrons. The van der Waals surface area contributed by atoms with Crippen molar-refractivity contribution in [3.05, 3.63) is 63.7 Å². The third-order valence-corrected chi connectivity index (χ3v) is 6.74. The number of benzene rings is 2. The van der Waals surface area contributed by atoms with Crippen molar-refractivity contribution in [2.45, 2.75) is 25.7 Å². The van der Waals surface area contributed by atoms with E-state index in [2.05, 4.69) is 30.9 Å². The zero-order valence-electron chi connectivity index (χ0n) is 17.5. The Hall–Kier alpha value is -3.10. The predicted molar refractivity (Wildman–Crippen MR) is 115 cm³/mol. The molecule has 0 amide bonds. The number of methoxy groups -OCH3 is 1. The lowest BCUT2D eigenvalue weighted by atomic mass is 9.68. The Morgan fingerprint density at radius 2 is 1.90 bits per heavy atom. The maximum Gasteiger partial charge on any atom is 0.194 e. The summed E-state index contributed by atoms with van der Waals surface area (Å²) < 4.78 is 11.2. The number of nitrogens with zero attached hydrogens (tertiary/aromatic N) is 2. The van der Waals surface area contributed by atoms with E-state index in [1.807, 2.05) is 18.2 Å². The number of nitriles is 1. The van der Waals surface area contributed by atoms with E-state index in [-0.39, 0.29) is 11.2 Å². The molecule has 3 aliphatic rings. The summed E-state index contributed by atoms with van der Waals surface area (Å²) in [6, 6.07) is 11.9. The largest absolute Gasteiger partial charge is 0.495 e. The summed E-state index contributed by atoms with van der Waals surface area (Å²) in [6.45, 7) is 7.38. The van der Waals surface area contributed by atoms with Gasteiger partial charge >= 0.3 is 0 Å². The fourth-order valence-corrected chi connectivity index (χ4v) is 5.07. The van der Waals surface area contributed by atoms with Gasteiger partial charge in [0.05, 0.1) is 37.6 Å². The first-order chi connectivity index (χ1) is 14.5. The average molecular weight is 400 g/mol. The summed E-state index contributed by atoms with van der Waals surface area (Å²) in [7, 11) is 1.66. The van der Waals surface area contributed by atoms with Crippen molar-refractivity contribution < 1.29 is 14.3 Å². The normalized spacial score (nSPS) is 19.1. The van der Waals surface area contributed by atoms with Gasteiger partial charge in [-0.2, -0.15) is 5.26 Å². The molecule has 1 aliphatic heterocycles. The number of carbonyl (C=O) groups excluding carboxylic acids is 1. The number of anilines is 1. The highest BCUT2D eigenvalue weighted by Crippen LogP contribution is 2.51. The molecule has 0 unspecified atom stereocenters. The average Bonchev–Trinajstić information content (AvgIpc) is 3.17. The van der Waals surface area contributed by atoms with Gasteiger partial charge in [0, 0.05) is 29.6 Å². The van der Waals surface area contributed by atoms with E-state index in [9.17, 15) is 10.1 Å². The molecule has 1 fully saturated rings. The molecule has 5 nitrogen and oxygen atoms in total. The summed E-state index contributed by atoms with van der Waals surface area (Å²) in [5.74, 6) is 0.775. The first-order valence-corrected chi connectivity index (χ1v) is 10.3. The molecule has 30 heavy (non-hydrogen) atoms. The maximum atomic E-state index is 13.6. The number of Topliss-reactive ketones (excluding diaryl/α,β-unsaturated/α-hetero) is 1. The van der Waals surface area contributed by atoms with Gasteiger partial charge in [-0.05, 0) is 52.9 Å². The highest BCUT2D eigenvalue weighted by molar-refractivity contribution is 6.33. The SMILES string of the molecule is COc1cc2c(cc1N1CCOCC1)C(C)(C)C1=C(C2=O)c2ccc(C#N)cc2C1. The Labute approximate surface area is 176 Å². The first-order valence-electron chi connectivity index (χ1n) is 10.3. The lowest BCUT2D eigenvalue weighted by molar-refractivity contribution is 0.105. The fourth-order valence-electron chi connectivity index (χ4n) is 5.07. The molecule has 0 bridgehead atoms. The van der Waals surface area contributed by atoms with Crippen LogP contribution in [0.2, 0.25) is 0 Å². The Morgan fingerprint density at radius 3 is 2.60 bits per heavy atom. The number of hydrogen-bond acceptors (Lipinski definition) is 5. The zero-order chi connectivity index (χ0) is 21.0. The molecule has 5 rings (SSSR count). The molecule has 1 heterocycles. The van der Waals surface area contributed by atoms with Crippen molar-refractivity contribution in [1.82, 2.24) is 0 Å². The van der Waals surface area contributed by atoms with Crippen LogP contribution in [0.15, 0.2) is 35.9 Å². The molecule has 2 aliphatic carbocycles. The molecular weight excluding hydrogens is 376 g/mol. The highest BCUT2D eigenvalue weighted by Gasteiger charge is 2.43. The molecule has 2 aromatic carbocycles. The summed E-state index contributed by atoms with van der Waals surface area (Å²) in [4.78, 5) is 15.9. The van der Waals surface area contributed by atoms with Crippen LogP contribution in [-0.2, 0) is 16.6 Å². The summed E-state index contributed by atoms with van der Waals surface area (Å²) >= 11 is 0. The van der Waals surface area contributed by atoms with Crippen LogP contribution in [0.4, 0.5) is 5.69 Å². The third kappa shape index (κ3) is 2.60. The number of carbonyl (C=O) groups is 1. The van der Waals surface area contributed by atoms with Crippen molar-refractivity contribution in [2.24, 2.45) is 0 Å². The monoisotopic (exact) mass is 400 g/mol. The van der Waals surface area contributed by atoms with Gasteiger partial charge in [-0.15, -0.1) is 0 Å². The second-order valence-electron chi connectivity index (χ2n) is 8.64. The Bertz CT molecular complexity index is 1150. The van der Waals surface area contributed by atoms with E-state index < -0.39 is 0 Å². The number of morpholine rings is 1. The van der Waals surface area contributed by atoms with E-state index in [1.165, 1.54) is 0 Å². The van der Waals surface area contributed by atoms with Gasteiger partial charge in [-0.25, -0.2) is 0 Å². The topological polar surface area (TPSA) is 62.6 Å².